The molecule has 0 saturated heterocycles. The number of nitrogens with zero attached hydrogens (tertiary/aromatic N) is 4. The summed E-state index contributed by atoms with van der Waals surface area (Å²) in [5.74, 6) is 0.238. The topological polar surface area (TPSA) is 80.4 Å². The van der Waals surface area contributed by atoms with E-state index in [0.717, 1.165) is 35.1 Å². The molecule has 2 aromatic heterocycles. The molecule has 102 valence electrons. The Hall–Kier alpha value is -1.50. The summed E-state index contributed by atoms with van der Waals surface area (Å²) in [6.45, 7) is 3.97. The highest BCUT2D eigenvalue weighted by molar-refractivity contribution is 7.16. The van der Waals surface area contributed by atoms with Crippen LogP contribution in [0.15, 0.2) is 0 Å². The van der Waals surface area contributed by atoms with Crippen LogP contribution in [-0.4, -0.2) is 30.9 Å². The summed E-state index contributed by atoms with van der Waals surface area (Å²) < 4.78 is 1.71. The second-order valence-electron chi connectivity index (χ2n) is 5.18. The largest absolute Gasteiger partial charge is 0.481 e. The van der Waals surface area contributed by atoms with Gasteiger partial charge in [0.1, 0.15) is 5.01 Å². The Balaban J connectivity index is 1.96. The van der Waals surface area contributed by atoms with E-state index in [1.165, 1.54) is 11.3 Å². The van der Waals surface area contributed by atoms with Crippen molar-refractivity contribution in [3.8, 4) is 0 Å². The molecular weight excluding hydrogens is 264 g/mol. The zero-order valence-corrected chi connectivity index (χ0v) is 11.7. The first kappa shape index (κ1) is 12.5. The van der Waals surface area contributed by atoms with E-state index in [4.69, 9.17) is 0 Å². The van der Waals surface area contributed by atoms with Crippen LogP contribution in [-0.2, 0) is 4.79 Å². The molecule has 0 aromatic carbocycles. The summed E-state index contributed by atoms with van der Waals surface area (Å²) in [4.78, 5) is 12.2. The number of rotatable bonds is 3. The molecule has 3 unspecified atom stereocenters. The van der Waals surface area contributed by atoms with Crippen molar-refractivity contribution < 1.29 is 9.90 Å². The van der Waals surface area contributed by atoms with E-state index >= 15 is 0 Å². The lowest BCUT2D eigenvalue weighted by Crippen LogP contribution is -2.17. The molecule has 0 spiro atoms. The molecule has 0 aliphatic heterocycles. The minimum atomic E-state index is -0.705. The number of fused-ring (bicyclic) bond motifs is 1. The van der Waals surface area contributed by atoms with Gasteiger partial charge in [0.2, 0.25) is 4.96 Å². The van der Waals surface area contributed by atoms with Crippen LogP contribution in [0.4, 0.5) is 0 Å². The van der Waals surface area contributed by atoms with Crippen molar-refractivity contribution in [2.45, 2.75) is 39.0 Å². The number of carbonyl (C=O) groups is 1. The third-order valence-corrected chi connectivity index (χ3v) is 5.07. The van der Waals surface area contributed by atoms with Crippen LogP contribution in [0.3, 0.4) is 0 Å². The number of hydrogen-bond donors (Lipinski definition) is 1. The van der Waals surface area contributed by atoms with Crippen LogP contribution in [0.2, 0.25) is 0 Å². The molecule has 1 N–H and O–H groups in total. The first-order valence-corrected chi connectivity index (χ1v) is 7.33. The van der Waals surface area contributed by atoms with Gasteiger partial charge in [0.25, 0.3) is 0 Å². The fraction of sp³-hybridized carbons (Fsp3) is 0.667. The van der Waals surface area contributed by atoms with Crippen molar-refractivity contribution in [3.05, 3.63) is 10.8 Å². The molecule has 0 bridgehead atoms. The quantitative estimate of drug-likeness (QED) is 0.931. The van der Waals surface area contributed by atoms with E-state index in [0.29, 0.717) is 5.92 Å². The predicted octanol–water partition coefficient (Wildman–Crippen LogP) is 2.10. The zero-order chi connectivity index (χ0) is 13.6. The van der Waals surface area contributed by atoms with Crippen LogP contribution in [0.25, 0.3) is 4.96 Å². The van der Waals surface area contributed by atoms with E-state index in [1.807, 2.05) is 6.92 Å². The SMILES string of the molecule is CCC1CC(C(=O)O)C(c2nn3c(C)nnc3s2)C1. The van der Waals surface area contributed by atoms with Crippen LogP contribution in [0.5, 0.6) is 0 Å². The van der Waals surface area contributed by atoms with Crippen molar-refractivity contribution >= 4 is 22.3 Å². The maximum Gasteiger partial charge on any atom is 0.307 e. The number of aryl methyl sites for hydroxylation is 1. The van der Waals surface area contributed by atoms with Crippen molar-refractivity contribution in [2.75, 3.05) is 0 Å². The highest BCUT2D eigenvalue weighted by Gasteiger charge is 2.40. The Labute approximate surface area is 114 Å². The van der Waals surface area contributed by atoms with Gasteiger partial charge < -0.3 is 5.11 Å². The molecule has 19 heavy (non-hydrogen) atoms. The summed E-state index contributed by atoms with van der Waals surface area (Å²) in [5, 5.41) is 22.8. The predicted molar refractivity (Wildman–Crippen MR) is 70.3 cm³/mol. The monoisotopic (exact) mass is 280 g/mol. The van der Waals surface area contributed by atoms with Gasteiger partial charge in [-0.1, -0.05) is 24.7 Å². The smallest absolute Gasteiger partial charge is 0.307 e. The lowest BCUT2D eigenvalue weighted by Gasteiger charge is -2.11. The van der Waals surface area contributed by atoms with Gasteiger partial charge in [0.05, 0.1) is 5.92 Å². The van der Waals surface area contributed by atoms with Gasteiger partial charge in [-0.25, -0.2) is 0 Å². The van der Waals surface area contributed by atoms with E-state index in [2.05, 4.69) is 22.2 Å². The van der Waals surface area contributed by atoms with Gasteiger partial charge in [-0.15, -0.1) is 10.2 Å². The molecule has 2 heterocycles. The first-order chi connectivity index (χ1) is 9.10. The molecule has 3 rings (SSSR count). The average Bonchev–Trinajstić information content (AvgIpc) is 3.04. The maximum absolute atomic E-state index is 11.4. The van der Waals surface area contributed by atoms with Crippen molar-refractivity contribution in [1.29, 1.82) is 0 Å². The number of aliphatic carboxylic acids is 1. The Morgan fingerprint density at radius 2 is 2.26 bits per heavy atom. The van der Waals surface area contributed by atoms with Crippen LogP contribution in [0, 0.1) is 18.8 Å². The fourth-order valence-corrected chi connectivity index (χ4v) is 3.96. The van der Waals surface area contributed by atoms with E-state index in [-0.39, 0.29) is 11.8 Å². The standard InChI is InChI=1S/C12H16N4O2S/c1-3-7-4-8(9(5-7)11(17)18)10-15-16-6(2)13-14-12(16)19-10/h7-9H,3-5H2,1-2H3,(H,17,18). The van der Waals surface area contributed by atoms with Gasteiger partial charge in [-0.3, -0.25) is 4.79 Å². The van der Waals surface area contributed by atoms with Gasteiger partial charge in [-0.05, 0) is 25.7 Å². The lowest BCUT2D eigenvalue weighted by molar-refractivity contribution is -0.142. The number of carboxylic acids is 1. The summed E-state index contributed by atoms with van der Waals surface area (Å²) in [6.07, 6.45) is 2.70. The molecule has 2 aromatic rings. The molecular formula is C12H16N4O2S. The van der Waals surface area contributed by atoms with E-state index < -0.39 is 5.97 Å². The van der Waals surface area contributed by atoms with E-state index in [1.54, 1.807) is 4.52 Å². The third kappa shape index (κ3) is 2.01. The molecule has 1 aliphatic rings. The minimum Gasteiger partial charge on any atom is -0.481 e. The number of aromatic nitrogens is 4. The Kier molecular flexibility index (Phi) is 3.00. The summed E-state index contributed by atoms with van der Waals surface area (Å²) in [7, 11) is 0. The summed E-state index contributed by atoms with van der Waals surface area (Å²) >= 11 is 1.46. The van der Waals surface area contributed by atoms with Gasteiger partial charge >= 0.3 is 5.97 Å². The summed E-state index contributed by atoms with van der Waals surface area (Å²) in [5.41, 5.74) is 0. The van der Waals surface area contributed by atoms with Gasteiger partial charge in [-0.2, -0.15) is 9.61 Å². The molecule has 6 nitrogen and oxygen atoms in total. The zero-order valence-electron chi connectivity index (χ0n) is 10.9. The van der Waals surface area contributed by atoms with Gasteiger partial charge in [0.15, 0.2) is 5.82 Å². The molecule has 1 saturated carbocycles. The number of hydrogen-bond acceptors (Lipinski definition) is 5. The molecule has 7 heteroatoms. The van der Waals surface area contributed by atoms with Crippen LogP contribution >= 0.6 is 11.3 Å². The third-order valence-electron chi connectivity index (χ3n) is 4.03. The maximum atomic E-state index is 11.4. The second kappa shape index (κ2) is 4.56. The second-order valence-corrected chi connectivity index (χ2v) is 6.17. The Bertz CT molecular complexity index is 620. The molecule has 1 fully saturated rings. The minimum absolute atomic E-state index is 0.0218. The highest BCUT2D eigenvalue weighted by atomic mass is 32.1. The average molecular weight is 280 g/mol. The highest BCUT2D eigenvalue weighted by Crippen LogP contribution is 2.45. The van der Waals surface area contributed by atoms with Crippen molar-refractivity contribution in [3.63, 3.8) is 0 Å². The van der Waals surface area contributed by atoms with Crippen LogP contribution in [0.1, 0.15) is 42.9 Å². The normalized spacial score (nSPS) is 27.2. The molecule has 1 aliphatic carbocycles. The molecule has 3 atom stereocenters. The lowest BCUT2D eigenvalue weighted by atomic mass is 9.97. The first-order valence-electron chi connectivity index (χ1n) is 6.51. The van der Waals surface area contributed by atoms with Crippen molar-refractivity contribution in [1.82, 2.24) is 19.8 Å². The molecule has 0 radical (unpaired) electrons. The van der Waals surface area contributed by atoms with Gasteiger partial charge in [0, 0.05) is 5.92 Å². The van der Waals surface area contributed by atoms with Crippen LogP contribution < -0.4 is 0 Å². The van der Waals surface area contributed by atoms with E-state index in [9.17, 15) is 9.90 Å². The summed E-state index contributed by atoms with van der Waals surface area (Å²) in [6, 6.07) is 0. The fourth-order valence-electron chi connectivity index (χ4n) is 2.90. The van der Waals surface area contributed by atoms with Crippen molar-refractivity contribution in [2.24, 2.45) is 11.8 Å². The Morgan fingerprint density at radius 3 is 2.89 bits per heavy atom. The molecule has 0 amide bonds. The number of carboxylic acid groups (broad SMARTS) is 1. The Morgan fingerprint density at radius 1 is 1.47 bits per heavy atom.